The number of amides is 1. The first-order chi connectivity index (χ1) is 17.4. The van der Waals surface area contributed by atoms with Crippen molar-refractivity contribution < 1.29 is 19.4 Å². The van der Waals surface area contributed by atoms with Crippen LogP contribution in [0.1, 0.15) is 70.8 Å². The number of aliphatic hydroxyl groups excluding tert-OH is 1. The quantitative estimate of drug-likeness (QED) is 0.643. The SMILES string of the molecule is COc1ccc(CCN2C[C@H](O)C(C)(C)COCCC[C@H]3CN(C4CCCC4)CC[C@H]3CC2=O)cc1. The molecule has 6 nitrogen and oxygen atoms in total. The lowest BCUT2D eigenvalue weighted by Gasteiger charge is -2.42. The Kier molecular flexibility index (Phi) is 9.71. The molecule has 0 bridgehead atoms. The second-order valence-corrected chi connectivity index (χ2v) is 12.1. The van der Waals surface area contributed by atoms with Crippen LogP contribution in [0, 0.1) is 17.3 Å². The van der Waals surface area contributed by atoms with Gasteiger partial charge in [0.1, 0.15) is 5.75 Å². The van der Waals surface area contributed by atoms with Gasteiger partial charge >= 0.3 is 0 Å². The highest BCUT2D eigenvalue weighted by Crippen LogP contribution is 2.35. The molecule has 3 fully saturated rings. The van der Waals surface area contributed by atoms with Gasteiger partial charge in [-0.25, -0.2) is 0 Å². The summed E-state index contributed by atoms with van der Waals surface area (Å²) in [6, 6.07) is 8.81. The fourth-order valence-electron chi connectivity index (χ4n) is 6.37. The van der Waals surface area contributed by atoms with E-state index in [2.05, 4.69) is 17.0 Å². The van der Waals surface area contributed by atoms with Gasteiger partial charge in [0, 0.05) is 44.1 Å². The highest BCUT2D eigenvalue weighted by molar-refractivity contribution is 5.76. The molecule has 0 spiro atoms. The summed E-state index contributed by atoms with van der Waals surface area (Å²) in [5, 5.41) is 11.1. The molecule has 1 aromatic rings. The van der Waals surface area contributed by atoms with Gasteiger partial charge in [-0.05, 0) is 74.6 Å². The predicted molar refractivity (Wildman–Crippen MR) is 143 cm³/mol. The Morgan fingerprint density at radius 1 is 1.03 bits per heavy atom. The molecule has 4 rings (SSSR count). The van der Waals surface area contributed by atoms with E-state index in [-0.39, 0.29) is 5.91 Å². The summed E-state index contributed by atoms with van der Waals surface area (Å²) in [6.45, 7) is 8.56. The van der Waals surface area contributed by atoms with Gasteiger partial charge in [0.15, 0.2) is 0 Å². The van der Waals surface area contributed by atoms with Gasteiger partial charge in [-0.1, -0.05) is 38.8 Å². The molecule has 3 atom stereocenters. The first-order valence-electron chi connectivity index (χ1n) is 14.3. The van der Waals surface area contributed by atoms with Crippen LogP contribution in [0.5, 0.6) is 5.75 Å². The Labute approximate surface area is 218 Å². The fourth-order valence-corrected chi connectivity index (χ4v) is 6.37. The Hall–Kier alpha value is -1.63. The first-order valence-corrected chi connectivity index (χ1v) is 14.3. The summed E-state index contributed by atoms with van der Waals surface area (Å²) in [5.41, 5.74) is 0.769. The summed E-state index contributed by atoms with van der Waals surface area (Å²) < 4.78 is 11.3. The molecule has 1 saturated carbocycles. The summed E-state index contributed by atoms with van der Waals surface area (Å²) in [6.07, 6.45) is 9.40. The van der Waals surface area contributed by atoms with E-state index in [0.717, 1.165) is 57.2 Å². The van der Waals surface area contributed by atoms with Crippen LogP contribution in [0.4, 0.5) is 0 Å². The zero-order chi connectivity index (χ0) is 25.5. The van der Waals surface area contributed by atoms with Crippen molar-refractivity contribution in [1.82, 2.24) is 9.80 Å². The number of methoxy groups -OCH3 is 1. The molecule has 1 amide bonds. The van der Waals surface area contributed by atoms with Gasteiger partial charge in [-0.3, -0.25) is 4.79 Å². The van der Waals surface area contributed by atoms with Crippen LogP contribution in [-0.2, 0) is 16.0 Å². The molecule has 202 valence electrons. The van der Waals surface area contributed by atoms with Crippen molar-refractivity contribution in [2.45, 2.75) is 83.8 Å². The van der Waals surface area contributed by atoms with E-state index < -0.39 is 11.5 Å². The Bertz CT molecular complexity index is 821. The number of likely N-dealkylation sites (tertiary alicyclic amines) is 1. The normalized spacial score (nSPS) is 29.2. The minimum Gasteiger partial charge on any atom is -0.497 e. The summed E-state index contributed by atoms with van der Waals surface area (Å²) in [4.78, 5) is 18.4. The number of carbonyl (C=O) groups excluding carboxylic acids is 1. The van der Waals surface area contributed by atoms with Crippen LogP contribution in [0.2, 0.25) is 0 Å². The topological polar surface area (TPSA) is 62.2 Å². The van der Waals surface area contributed by atoms with Crippen LogP contribution in [0.15, 0.2) is 24.3 Å². The number of aliphatic hydroxyl groups is 1. The molecular formula is C30H48N2O4. The average molecular weight is 501 g/mol. The van der Waals surface area contributed by atoms with E-state index in [9.17, 15) is 9.90 Å². The van der Waals surface area contributed by atoms with E-state index in [1.807, 2.05) is 30.9 Å². The van der Waals surface area contributed by atoms with Crippen molar-refractivity contribution in [2.24, 2.45) is 17.3 Å². The largest absolute Gasteiger partial charge is 0.497 e. The van der Waals surface area contributed by atoms with Gasteiger partial charge in [0.25, 0.3) is 0 Å². The minimum atomic E-state index is -0.627. The number of benzene rings is 1. The second kappa shape index (κ2) is 12.7. The number of fused-ring (bicyclic) bond motifs is 1. The maximum Gasteiger partial charge on any atom is 0.222 e. The maximum atomic E-state index is 13.7. The molecule has 2 aliphatic heterocycles. The second-order valence-electron chi connectivity index (χ2n) is 12.1. The lowest BCUT2D eigenvalue weighted by molar-refractivity contribution is -0.136. The van der Waals surface area contributed by atoms with Crippen LogP contribution >= 0.6 is 0 Å². The Morgan fingerprint density at radius 3 is 2.50 bits per heavy atom. The maximum absolute atomic E-state index is 13.7. The number of ether oxygens (including phenoxy) is 2. The summed E-state index contributed by atoms with van der Waals surface area (Å²) in [7, 11) is 1.67. The van der Waals surface area contributed by atoms with E-state index in [1.54, 1.807) is 7.11 Å². The van der Waals surface area contributed by atoms with E-state index in [0.29, 0.717) is 38.0 Å². The zero-order valence-corrected chi connectivity index (χ0v) is 22.8. The smallest absolute Gasteiger partial charge is 0.222 e. The van der Waals surface area contributed by atoms with Crippen molar-refractivity contribution in [2.75, 3.05) is 46.5 Å². The van der Waals surface area contributed by atoms with Crippen LogP contribution in [0.3, 0.4) is 0 Å². The third-order valence-corrected chi connectivity index (χ3v) is 9.02. The molecular weight excluding hydrogens is 452 g/mol. The van der Waals surface area contributed by atoms with Gasteiger partial charge in [0.2, 0.25) is 5.91 Å². The molecule has 0 radical (unpaired) electrons. The molecule has 36 heavy (non-hydrogen) atoms. The lowest BCUT2D eigenvalue weighted by atomic mass is 9.79. The first kappa shape index (κ1) is 27.4. The van der Waals surface area contributed by atoms with Gasteiger partial charge in [0.05, 0.1) is 19.8 Å². The predicted octanol–water partition coefficient (Wildman–Crippen LogP) is 4.53. The third-order valence-electron chi connectivity index (χ3n) is 9.02. The molecule has 2 saturated heterocycles. The zero-order valence-electron chi connectivity index (χ0n) is 22.8. The molecule has 2 heterocycles. The Balaban J connectivity index is 1.46. The number of piperidine rings is 1. The number of nitrogens with zero attached hydrogens (tertiary/aromatic N) is 2. The number of hydrogen-bond acceptors (Lipinski definition) is 5. The van der Waals surface area contributed by atoms with Crippen molar-refractivity contribution in [3.8, 4) is 5.75 Å². The van der Waals surface area contributed by atoms with Crippen molar-refractivity contribution in [3.63, 3.8) is 0 Å². The lowest BCUT2D eigenvalue weighted by Crippen LogP contribution is -2.48. The monoisotopic (exact) mass is 500 g/mol. The van der Waals surface area contributed by atoms with E-state index >= 15 is 0 Å². The molecule has 0 aromatic heterocycles. The average Bonchev–Trinajstić information content (AvgIpc) is 3.42. The highest BCUT2D eigenvalue weighted by Gasteiger charge is 2.37. The molecule has 6 heteroatoms. The van der Waals surface area contributed by atoms with Crippen molar-refractivity contribution in [3.05, 3.63) is 29.8 Å². The number of hydrogen-bond donors (Lipinski definition) is 1. The number of rotatable bonds is 5. The van der Waals surface area contributed by atoms with Crippen LogP contribution < -0.4 is 4.74 Å². The van der Waals surface area contributed by atoms with Gasteiger partial charge < -0.3 is 24.4 Å². The van der Waals surface area contributed by atoms with Crippen LogP contribution in [0.25, 0.3) is 0 Å². The van der Waals surface area contributed by atoms with Crippen molar-refractivity contribution in [1.29, 1.82) is 0 Å². The molecule has 0 unspecified atom stereocenters. The van der Waals surface area contributed by atoms with Gasteiger partial charge in [-0.2, -0.15) is 0 Å². The number of carbonyl (C=O) groups is 1. The fraction of sp³-hybridized carbons (Fsp3) is 0.767. The van der Waals surface area contributed by atoms with E-state index in [1.165, 1.54) is 31.2 Å². The summed E-state index contributed by atoms with van der Waals surface area (Å²) >= 11 is 0. The molecule has 1 aliphatic carbocycles. The minimum absolute atomic E-state index is 0.197. The van der Waals surface area contributed by atoms with Crippen LogP contribution in [-0.4, -0.2) is 79.5 Å². The molecule has 1 N–H and O–H groups in total. The number of β-amino-alcohol motifs (C(OH)–C–C–N with tert-alkyl or cyclic N) is 1. The third kappa shape index (κ3) is 7.23. The van der Waals surface area contributed by atoms with Crippen molar-refractivity contribution >= 4 is 5.91 Å². The molecule has 1 aromatic carbocycles. The Morgan fingerprint density at radius 2 is 1.78 bits per heavy atom. The summed E-state index contributed by atoms with van der Waals surface area (Å²) in [5.74, 6) is 2.01. The standard InChI is InChI=1S/C30H48N2O4/c1-30(2)22-36-18-6-7-25-20-31(26-8-4-5-9-26)17-15-24(25)19-29(34)32(21-28(30)33)16-14-23-10-12-27(35-3)13-11-23/h10-13,24-26,28,33H,4-9,14-22H2,1-3H3/t24-,25-,28-/m0/s1. The highest BCUT2D eigenvalue weighted by atomic mass is 16.5. The van der Waals surface area contributed by atoms with E-state index in [4.69, 9.17) is 9.47 Å². The van der Waals surface area contributed by atoms with Gasteiger partial charge in [-0.15, -0.1) is 0 Å². The molecule has 3 aliphatic rings.